The van der Waals surface area contributed by atoms with Crippen LogP contribution in [0.5, 0.6) is 0 Å². The van der Waals surface area contributed by atoms with Crippen molar-refractivity contribution in [2.24, 2.45) is 0 Å². The van der Waals surface area contributed by atoms with Gasteiger partial charge in [0.2, 0.25) is 0 Å². The first-order valence-corrected chi connectivity index (χ1v) is 6.62. The molecule has 3 rings (SSSR count). The summed E-state index contributed by atoms with van der Waals surface area (Å²) in [5.41, 5.74) is 0.133. The lowest BCUT2D eigenvalue weighted by Crippen LogP contribution is -2.36. The summed E-state index contributed by atoms with van der Waals surface area (Å²) in [5.74, 6) is -2.53. The molecule has 1 unspecified atom stereocenters. The van der Waals surface area contributed by atoms with Gasteiger partial charge >= 0.3 is 0 Å². The summed E-state index contributed by atoms with van der Waals surface area (Å²) in [4.78, 5) is 14.6. The predicted molar refractivity (Wildman–Crippen MR) is 72.0 cm³/mol. The van der Waals surface area contributed by atoms with Gasteiger partial charge in [-0.25, -0.2) is 8.78 Å². The van der Waals surface area contributed by atoms with E-state index in [2.05, 4.69) is 15.6 Å². The highest BCUT2D eigenvalue weighted by Crippen LogP contribution is 2.27. The molecule has 0 bridgehead atoms. The lowest BCUT2D eigenvalue weighted by atomic mass is 10.2. The Morgan fingerprint density at radius 2 is 2.15 bits per heavy atom. The molecule has 20 heavy (non-hydrogen) atoms. The third-order valence-electron chi connectivity index (χ3n) is 3.39. The van der Waals surface area contributed by atoms with E-state index < -0.39 is 11.6 Å². The molecule has 0 radical (unpaired) electrons. The van der Waals surface area contributed by atoms with Crippen LogP contribution in [0.1, 0.15) is 16.9 Å². The smallest absolute Gasteiger partial charge is 0.267 e. The van der Waals surface area contributed by atoms with Crippen molar-refractivity contribution in [2.45, 2.75) is 12.5 Å². The van der Waals surface area contributed by atoms with Gasteiger partial charge in [0.15, 0.2) is 11.6 Å². The first-order valence-electron chi connectivity index (χ1n) is 6.24. The SMILES string of the molecule is O=C(NC1CCNC1)c1cc2cc(Cl)c(F)c(F)c2[nH]1. The Labute approximate surface area is 118 Å². The summed E-state index contributed by atoms with van der Waals surface area (Å²) in [7, 11) is 0. The van der Waals surface area contributed by atoms with Crippen LogP contribution in [0.3, 0.4) is 0 Å². The van der Waals surface area contributed by atoms with E-state index in [-0.39, 0.29) is 28.2 Å². The highest BCUT2D eigenvalue weighted by Gasteiger charge is 2.20. The van der Waals surface area contributed by atoms with Crippen molar-refractivity contribution in [1.29, 1.82) is 0 Å². The maximum atomic E-state index is 13.7. The molecule has 0 aliphatic carbocycles. The number of carbonyl (C=O) groups is 1. The molecule has 1 aliphatic heterocycles. The second-order valence-corrected chi connectivity index (χ2v) is 5.20. The number of nitrogens with one attached hydrogen (secondary N) is 3. The molecule has 0 saturated carbocycles. The molecule has 3 N–H and O–H groups in total. The molecule has 2 aromatic rings. The molecule has 106 valence electrons. The number of amides is 1. The van der Waals surface area contributed by atoms with Crippen LogP contribution < -0.4 is 10.6 Å². The second-order valence-electron chi connectivity index (χ2n) is 4.80. The molecule has 1 aromatic heterocycles. The van der Waals surface area contributed by atoms with Gasteiger partial charge in [-0.15, -0.1) is 0 Å². The molecule has 1 fully saturated rings. The number of fused-ring (bicyclic) bond motifs is 1. The standard InChI is InChI=1S/C13H12ClF2N3O/c14-8-3-6-4-9(19-12(6)11(16)10(8)15)13(20)18-7-1-2-17-5-7/h3-4,7,17,19H,1-2,5H2,(H,18,20). The number of aromatic nitrogens is 1. The molecule has 4 nitrogen and oxygen atoms in total. The van der Waals surface area contributed by atoms with Crippen molar-refractivity contribution in [3.63, 3.8) is 0 Å². The monoisotopic (exact) mass is 299 g/mol. The minimum Gasteiger partial charge on any atom is -0.348 e. The van der Waals surface area contributed by atoms with Crippen LogP contribution in [0, 0.1) is 11.6 Å². The fourth-order valence-electron chi connectivity index (χ4n) is 2.34. The van der Waals surface area contributed by atoms with Gasteiger partial charge in [-0.3, -0.25) is 4.79 Å². The van der Waals surface area contributed by atoms with Crippen LogP contribution >= 0.6 is 11.6 Å². The number of halogens is 3. The highest BCUT2D eigenvalue weighted by atomic mass is 35.5. The first kappa shape index (κ1) is 13.3. The van der Waals surface area contributed by atoms with E-state index in [0.29, 0.717) is 11.9 Å². The maximum absolute atomic E-state index is 13.7. The van der Waals surface area contributed by atoms with E-state index in [9.17, 15) is 13.6 Å². The molecule has 2 heterocycles. The summed E-state index contributed by atoms with van der Waals surface area (Å²) >= 11 is 5.58. The third-order valence-corrected chi connectivity index (χ3v) is 3.67. The highest BCUT2D eigenvalue weighted by molar-refractivity contribution is 6.31. The van der Waals surface area contributed by atoms with Crippen molar-refractivity contribution in [3.8, 4) is 0 Å². The van der Waals surface area contributed by atoms with Gasteiger partial charge in [0, 0.05) is 18.0 Å². The lowest BCUT2D eigenvalue weighted by molar-refractivity contribution is 0.0936. The molecule has 0 spiro atoms. The zero-order chi connectivity index (χ0) is 14.3. The van der Waals surface area contributed by atoms with Gasteiger partial charge in [-0.1, -0.05) is 11.6 Å². The van der Waals surface area contributed by atoms with Gasteiger partial charge in [0.25, 0.3) is 5.91 Å². The summed E-state index contributed by atoms with van der Waals surface area (Å²) in [6.45, 7) is 1.56. The number of hydrogen-bond donors (Lipinski definition) is 3. The minimum absolute atomic E-state index is 0.0541. The van der Waals surface area contributed by atoms with Crippen LogP contribution in [-0.2, 0) is 0 Å². The van der Waals surface area contributed by atoms with E-state index in [1.165, 1.54) is 12.1 Å². The largest absolute Gasteiger partial charge is 0.348 e. The molecule has 1 saturated heterocycles. The summed E-state index contributed by atoms with van der Waals surface area (Å²) in [5, 5.41) is 6.01. The number of carbonyl (C=O) groups excluding carboxylic acids is 1. The van der Waals surface area contributed by atoms with Gasteiger partial charge in [0.05, 0.1) is 10.5 Å². The second kappa shape index (κ2) is 5.03. The molecular weight excluding hydrogens is 288 g/mol. The van der Waals surface area contributed by atoms with Crippen LogP contribution in [-0.4, -0.2) is 30.0 Å². The Balaban J connectivity index is 1.92. The van der Waals surface area contributed by atoms with E-state index in [1.807, 2.05) is 0 Å². The third kappa shape index (κ3) is 2.25. The summed E-state index contributed by atoms with van der Waals surface area (Å²) in [6, 6.07) is 2.81. The molecule has 1 atom stereocenters. The normalized spacial score (nSPS) is 18.6. The average molecular weight is 300 g/mol. The number of aromatic amines is 1. The Morgan fingerprint density at radius 1 is 1.35 bits per heavy atom. The van der Waals surface area contributed by atoms with Gasteiger partial charge in [-0.05, 0) is 25.1 Å². The zero-order valence-corrected chi connectivity index (χ0v) is 11.2. The van der Waals surface area contributed by atoms with Crippen molar-refractivity contribution >= 4 is 28.4 Å². The topological polar surface area (TPSA) is 56.9 Å². The first-order chi connectivity index (χ1) is 9.56. The number of benzene rings is 1. The molecule has 7 heteroatoms. The van der Waals surface area contributed by atoms with E-state index in [0.717, 1.165) is 13.0 Å². The molecular formula is C13H12ClF2N3O. The van der Waals surface area contributed by atoms with Crippen LogP contribution in [0.15, 0.2) is 12.1 Å². The van der Waals surface area contributed by atoms with E-state index in [4.69, 9.17) is 11.6 Å². The summed E-state index contributed by atoms with van der Waals surface area (Å²) < 4.78 is 27.1. The van der Waals surface area contributed by atoms with Crippen LogP contribution in [0.2, 0.25) is 5.02 Å². The maximum Gasteiger partial charge on any atom is 0.267 e. The quantitative estimate of drug-likeness (QED) is 0.745. The number of hydrogen-bond acceptors (Lipinski definition) is 2. The fourth-order valence-corrected chi connectivity index (χ4v) is 2.54. The fraction of sp³-hybridized carbons (Fsp3) is 0.308. The summed E-state index contributed by atoms with van der Waals surface area (Å²) in [6.07, 6.45) is 0.848. The zero-order valence-electron chi connectivity index (χ0n) is 10.4. The Bertz CT molecular complexity index is 680. The lowest BCUT2D eigenvalue weighted by Gasteiger charge is -2.09. The van der Waals surface area contributed by atoms with Crippen molar-refractivity contribution in [2.75, 3.05) is 13.1 Å². The van der Waals surface area contributed by atoms with Gasteiger partial charge in [-0.2, -0.15) is 0 Å². The Hall–Kier alpha value is -1.66. The van der Waals surface area contributed by atoms with Crippen molar-refractivity contribution < 1.29 is 13.6 Å². The Kier molecular flexibility index (Phi) is 3.35. The van der Waals surface area contributed by atoms with Crippen molar-refractivity contribution in [1.82, 2.24) is 15.6 Å². The number of H-pyrrole nitrogens is 1. The minimum atomic E-state index is -1.12. The predicted octanol–water partition coefficient (Wildman–Crippen LogP) is 2.19. The average Bonchev–Trinajstić information content (AvgIpc) is 3.05. The van der Waals surface area contributed by atoms with E-state index in [1.54, 1.807) is 0 Å². The van der Waals surface area contributed by atoms with E-state index >= 15 is 0 Å². The molecule has 1 amide bonds. The van der Waals surface area contributed by atoms with Crippen molar-refractivity contribution in [3.05, 3.63) is 34.5 Å². The number of rotatable bonds is 2. The molecule has 1 aliphatic rings. The van der Waals surface area contributed by atoms with Crippen LogP contribution in [0.4, 0.5) is 8.78 Å². The Morgan fingerprint density at radius 3 is 2.85 bits per heavy atom. The van der Waals surface area contributed by atoms with Crippen LogP contribution in [0.25, 0.3) is 10.9 Å². The van der Waals surface area contributed by atoms with Gasteiger partial charge in [0.1, 0.15) is 5.69 Å². The van der Waals surface area contributed by atoms with Gasteiger partial charge < -0.3 is 15.6 Å². The molecule has 1 aromatic carbocycles.